The Bertz CT molecular complexity index is 588. The minimum Gasteiger partial charge on any atom is -0.391 e. The van der Waals surface area contributed by atoms with E-state index in [0.717, 1.165) is 24.6 Å². The molecule has 1 aromatic carbocycles. The quantitative estimate of drug-likeness (QED) is 0.911. The number of aliphatic hydroxyl groups is 1. The normalized spacial score (nSPS) is 30.5. The number of hydrogen-bond donors (Lipinski definition) is 1. The molecule has 2 aliphatic rings. The van der Waals surface area contributed by atoms with Crippen LogP contribution in [0.1, 0.15) is 38.3 Å². The Labute approximate surface area is 122 Å². The smallest absolute Gasteiger partial charge is 0.226 e. The predicted molar refractivity (Wildman–Crippen MR) is 73.3 cm³/mol. The molecule has 2 fully saturated rings. The maximum atomic E-state index is 14.0. The summed E-state index contributed by atoms with van der Waals surface area (Å²) in [7, 11) is 0. The van der Waals surface area contributed by atoms with Gasteiger partial charge in [0.1, 0.15) is 11.6 Å². The Kier molecular flexibility index (Phi) is 3.28. The van der Waals surface area contributed by atoms with E-state index < -0.39 is 23.8 Å². The van der Waals surface area contributed by atoms with E-state index in [1.807, 2.05) is 13.8 Å². The molecular weight excluding hydrogens is 276 g/mol. The molecule has 1 saturated heterocycles. The molecule has 1 heterocycles. The highest BCUT2D eigenvalue weighted by molar-refractivity contribution is 5.83. The number of carbonyl (C=O) groups excluding carboxylic acids is 1. The van der Waals surface area contributed by atoms with Crippen LogP contribution in [0.5, 0.6) is 0 Å². The van der Waals surface area contributed by atoms with Crippen LogP contribution in [0.3, 0.4) is 0 Å². The van der Waals surface area contributed by atoms with Crippen LogP contribution in [-0.2, 0) is 4.79 Å². The average molecular weight is 295 g/mol. The van der Waals surface area contributed by atoms with Crippen molar-refractivity contribution in [2.45, 2.75) is 38.8 Å². The zero-order valence-electron chi connectivity index (χ0n) is 12.1. The Morgan fingerprint density at radius 2 is 2.05 bits per heavy atom. The molecule has 5 heteroatoms. The summed E-state index contributed by atoms with van der Waals surface area (Å²) in [4.78, 5) is 14.1. The fraction of sp³-hybridized carbons (Fsp3) is 0.562. The standard InChI is InChI=1S/C16H19F2NO2/c1-16(2)7-12(16)15(21)19-8-10(20)6-14(19)11-5-9(17)3-4-13(11)18/h3-5,10,12,14,20H,6-8H2,1-2H3/t10?,12-,14?/m1/s1. The first-order chi connectivity index (χ1) is 9.79. The topological polar surface area (TPSA) is 40.5 Å². The SMILES string of the molecule is CC1(C)C[C@@H]1C(=O)N1CC(O)CC1c1cc(F)ccc1F. The monoisotopic (exact) mass is 295 g/mol. The number of β-amino-alcohol motifs (C(OH)–C–C–N with tert-alkyl or cyclic N) is 1. The number of benzene rings is 1. The van der Waals surface area contributed by atoms with Crippen LogP contribution in [0.15, 0.2) is 18.2 Å². The first-order valence-electron chi connectivity index (χ1n) is 7.23. The number of halogens is 2. The molecular formula is C16H19F2NO2. The summed E-state index contributed by atoms with van der Waals surface area (Å²) in [6.45, 7) is 4.21. The first kappa shape index (κ1) is 14.4. The third-order valence-corrected chi connectivity index (χ3v) is 4.69. The van der Waals surface area contributed by atoms with Crippen molar-refractivity contribution < 1.29 is 18.7 Å². The Hall–Kier alpha value is -1.49. The van der Waals surface area contributed by atoms with Crippen LogP contribution in [0.4, 0.5) is 8.78 Å². The average Bonchev–Trinajstić information content (AvgIpc) is 2.87. The van der Waals surface area contributed by atoms with Crippen molar-refractivity contribution in [1.82, 2.24) is 4.90 Å². The van der Waals surface area contributed by atoms with Gasteiger partial charge in [-0.1, -0.05) is 13.8 Å². The molecule has 3 nitrogen and oxygen atoms in total. The summed E-state index contributed by atoms with van der Waals surface area (Å²) >= 11 is 0. The van der Waals surface area contributed by atoms with Gasteiger partial charge in [0.25, 0.3) is 0 Å². The number of hydrogen-bond acceptors (Lipinski definition) is 2. The summed E-state index contributed by atoms with van der Waals surface area (Å²) in [5.74, 6) is -1.22. The Morgan fingerprint density at radius 3 is 2.67 bits per heavy atom. The van der Waals surface area contributed by atoms with E-state index in [0.29, 0.717) is 0 Å². The second-order valence-electron chi connectivity index (χ2n) is 6.81. The zero-order valence-corrected chi connectivity index (χ0v) is 12.1. The fourth-order valence-electron chi connectivity index (χ4n) is 3.21. The largest absolute Gasteiger partial charge is 0.391 e. The van der Waals surface area contributed by atoms with Gasteiger partial charge < -0.3 is 10.0 Å². The third-order valence-electron chi connectivity index (χ3n) is 4.69. The molecule has 3 rings (SSSR count). The Balaban J connectivity index is 1.89. The van der Waals surface area contributed by atoms with Crippen molar-refractivity contribution in [3.8, 4) is 0 Å². The molecule has 3 atom stereocenters. The van der Waals surface area contributed by atoms with Gasteiger partial charge in [-0.2, -0.15) is 0 Å². The van der Waals surface area contributed by atoms with Crippen LogP contribution < -0.4 is 0 Å². The second kappa shape index (κ2) is 4.77. The molecule has 1 aliphatic carbocycles. The molecule has 1 aliphatic heterocycles. The van der Waals surface area contributed by atoms with Crippen LogP contribution in [0.2, 0.25) is 0 Å². The molecule has 1 saturated carbocycles. The summed E-state index contributed by atoms with van der Waals surface area (Å²) < 4.78 is 27.4. The lowest BCUT2D eigenvalue weighted by molar-refractivity contribution is -0.134. The molecule has 0 bridgehead atoms. The lowest BCUT2D eigenvalue weighted by Crippen LogP contribution is -2.34. The predicted octanol–water partition coefficient (Wildman–Crippen LogP) is 2.65. The van der Waals surface area contributed by atoms with Crippen LogP contribution >= 0.6 is 0 Å². The van der Waals surface area contributed by atoms with Crippen molar-refractivity contribution in [1.29, 1.82) is 0 Å². The van der Waals surface area contributed by atoms with Crippen molar-refractivity contribution in [2.24, 2.45) is 11.3 Å². The minimum atomic E-state index is -0.691. The van der Waals surface area contributed by atoms with E-state index in [2.05, 4.69) is 0 Å². The van der Waals surface area contributed by atoms with Crippen molar-refractivity contribution in [3.63, 3.8) is 0 Å². The van der Waals surface area contributed by atoms with E-state index in [-0.39, 0.29) is 35.8 Å². The van der Waals surface area contributed by atoms with Gasteiger partial charge >= 0.3 is 0 Å². The lowest BCUT2D eigenvalue weighted by Gasteiger charge is -2.26. The van der Waals surface area contributed by atoms with E-state index in [4.69, 9.17) is 0 Å². The van der Waals surface area contributed by atoms with Gasteiger partial charge in [0, 0.05) is 18.0 Å². The third kappa shape index (κ3) is 2.55. The first-order valence-corrected chi connectivity index (χ1v) is 7.23. The summed E-state index contributed by atoms with van der Waals surface area (Å²) in [5, 5.41) is 9.86. The van der Waals surface area contributed by atoms with E-state index in [9.17, 15) is 18.7 Å². The van der Waals surface area contributed by atoms with Crippen LogP contribution in [0, 0.1) is 23.0 Å². The molecule has 2 unspecified atom stereocenters. The van der Waals surface area contributed by atoms with Gasteiger partial charge in [-0.25, -0.2) is 8.78 Å². The van der Waals surface area contributed by atoms with E-state index >= 15 is 0 Å². The molecule has 114 valence electrons. The summed E-state index contributed by atoms with van der Waals surface area (Å²) in [6, 6.07) is 2.66. The van der Waals surface area contributed by atoms with Crippen LogP contribution in [-0.4, -0.2) is 28.6 Å². The van der Waals surface area contributed by atoms with Crippen LogP contribution in [0.25, 0.3) is 0 Å². The highest BCUT2D eigenvalue weighted by Gasteiger charge is 2.54. The van der Waals surface area contributed by atoms with Gasteiger partial charge in [0.05, 0.1) is 12.1 Å². The zero-order chi connectivity index (χ0) is 15.4. The fourth-order valence-corrected chi connectivity index (χ4v) is 3.21. The molecule has 1 amide bonds. The molecule has 0 aromatic heterocycles. The van der Waals surface area contributed by atoms with Gasteiger partial charge in [-0.15, -0.1) is 0 Å². The molecule has 1 N–H and O–H groups in total. The number of likely N-dealkylation sites (tertiary alicyclic amines) is 1. The number of carbonyl (C=O) groups is 1. The minimum absolute atomic E-state index is 0.0321. The molecule has 21 heavy (non-hydrogen) atoms. The maximum absolute atomic E-state index is 14.0. The molecule has 0 radical (unpaired) electrons. The van der Waals surface area contributed by atoms with Gasteiger partial charge in [-0.3, -0.25) is 4.79 Å². The Morgan fingerprint density at radius 1 is 1.38 bits per heavy atom. The van der Waals surface area contributed by atoms with E-state index in [1.165, 1.54) is 4.90 Å². The summed E-state index contributed by atoms with van der Waals surface area (Å²) in [5.41, 5.74) is 0.119. The highest BCUT2D eigenvalue weighted by atomic mass is 19.1. The lowest BCUT2D eigenvalue weighted by atomic mass is 10.0. The molecule has 1 aromatic rings. The van der Waals surface area contributed by atoms with Gasteiger partial charge in [0.2, 0.25) is 5.91 Å². The van der Waals surface area contributed by atoms with Gasteiger partial charge in [0.15, 0.2) is 0 Å². The van der Waals surface area contributed by atoms with Gasteiger partial charge in [-0.05, 0) is 36.5 Å². The molecule has 0 spiro atoms. The maximum Gasteiger partial charge on any atom is 0.226 e. The number of aliphatic hydroxyl groups excluding tert-OH is 1. The second-order valence-corrected chi connectivity index (χ2v) is 6.81. The highest BCUT2D eigenvalue weighted by Crippen LogP contribution is 2.53. The number of nitrogens with zero attached hydrogens (tertiary/aromatic N) is 1. The van der Waals surface area contributed by atoms with Crippen molar-refractivity contribution >= 4 is 5.91 Å². The van der Waals surface area contributed by atoms with Crippen molar-refractivity contribution in [2.75, 3.05) is 6.54 Å². The number of amides is 1. The number of rotatable bonds is 2. The van der Waals surface area contributed by atoms with E-state index in [1.54, 1.807) is 0 Å². The van der Waals surface area contributed by atoms with Crippen molar-refractivity contribution in [3.05, 3.63) is 35.4 Å². The summed E-state index contributed by atoms with van der Waals surface area (Å²) in [6.07, 6.45) is 0.360.